The number of nitrogens with zero attached hydrogens (tertiary/aromatic N) is 2. The van der Waals surface area contributed by atoms with Gasteiger partial charge in [-0.15, -0.1) is 0 Å². The Balaban J connectivity index is 1.74. The van der Waals surface area contributed by atoms with Gasteiger partial charge in [0.15, 0.2) is 0 Å². The number of aromatic amines is 1. The van der Waals surface area contributed by atoms with Crippen molar-refractivity contribution in [3.63, 3.8) is 0 Å². The van der Waals surface area contributed by atoms with E-state index in [9.17, 15) is 0 Å². The topological polar surface area (TPSA) is 53.6 Å². The van der Waals surface area contributed by atoms with Crippen LogP contribution >= 0.6 is 0 Å². The highest BCUT2D eigenvalue weighted by atomic mass is 15.2. The van der Waals surface area contributed by atoms with Crippen molar-refractivity contribution in [1.29, 1.82) is 0 Å². The van der Waals surface area contributed by atoms with Crippen LogP contribution in [-0.2, 0) is 6.54 Å². The molecule has 0 aliphatic heterocycles. The van der Waals surface area contributed by atoms with Crippen LogP contribution in [0.15, 0.2) is 6.33 Å². The zero-order chi connectivity index (χ0) is 7.52. The third-order valence-electron chi connectivity index (χ3n) is 2.13. The molecule has 4 nitrogen and oxygen atoms in total. The Labute approximate surface area is 65.4 Å². The maximum atomic E-state index is 4.02. The Morgan fingerprint density at radius 3 is 3.09 bits per heavy atom. The summed E-state index contributed by atoms with van der Waals surface area (Å²) in [6.45, 7) is 0.824. The van der Waals surface area contributed by atoms with Crippen molar-refractivity contribution in [2.24, 2.45) is 0 Å². The van der Waals surface area contributed by atoms with E-state index in [4.69, 9.17) is 0 Å². The minimum Gasteiger partial charge on any atom is -0.307 e. The summed E-state index contributed by atoms with van der Waals surface area (Å²) >= 11 is 0. The second kappa shape index (κ2) is 3.00. The van der Waals surface area contributed by atoms with Crippen LogP contribution in [0.1, 0.15) is 25.1 Å². The quantitative estimate of drug-likeness (QED) is 0.661. The summed E-state index contributed by atoms with van der Waals surface area (Å²) < 4.78 is 0. The Bertz CT molecular complexity index is 202. The first kappa shape index (κ1) is 6.79. The molecule has 4 heteroatoms. The van der Waals surface area contributed by atoms with Gasteiger partial charge in [-0.3, -0.25) is 5.10 Å². The Morgan fingerprint density at radius 2 is 2.55 bits per heavy atom. The van der Waals surface area contributed by atoms with Gasteiger partial charge in [-0.1, -0.05) is 6.42 Å². The van der Waals surface area contributed by atoms with Crippen LogP contribution in [0.3, 0.4) is 0 Å². The maximum absolute atomic E-state index is 4.02. The van der Waals surface area contributed by atoms with Crippen LogP contribution in [0, 0.1) is 0 Å². The molecule has 0 bridgehead atoms. The van der Waals surface area contributed by atoms with E-state index in [-0.39, 0.29) is 0 Å². The minimum absolute atomic E-state index is 0.722. The summed E-state index contributed by atoms with van der Waals surface area (Å²) in [6, 6.07) is 0.722. The lowest BCUT2D eigenvalue weighted by atomic mass is 9.93. The second-order valence-electron chi connectivity index (χ2n) is 2.94. The summed E-state index contributed by atoms with van der Waals surface area (Å²) in [5.41, 5.74) is 0. The van der Waals surface area contributed by atoms with E-state index in [1.54, 1.807) is 0 Å². The number of H-pyrrole nitrogens is 1. The van der Waals surface area contributed by atoms with Gasteiger partial charge in [0.05, 0.1) is 6.54 Å². The Kier molecular flexibility index (Phi) is 1.85. The standard InChI is InChI=1S/C7H12N4/c1-2-6(3-1)8-4-7-9-5-10-11-7/h5-6,8H,1-4H2,(H,9,10,11). The highest BCUT2D eigenvalue weighted by molar-refractivity contribution is 4.83. The molecule has 2 N–H and O–H groups in total. The van der Waals surface area contributed by atoms with E-state index in [2.05, 4.69) is 20.5 Å². The molecule has 1 aromatic rings. The number of aromatic nitrogens is 3. The Hall–Kier alpha value is -0.900. The van der Waals surface area contributed by atoms with Crippen LogP contribution in [0.2, 0.25) is 0 Å². The minimum atomic E-state index is 0.722. The molecule has 1 aromatic heterocycles. The van der Waals surface area contributed by atoms with Crippen LogP contribution in [0.4, 0.5) is 0 Å². The lowest BCUT2D eigenvalue weighted by Crippen LogP contribution is -2.34. The number of hydrogen-bond acceptors (Lipinski definition) is 3. The molecule has 0 atom stereocenters. The van der Waals surface area contributed by atoms with E-state index < -0.39 is 0 Å². The summed E-state index contributed by atoms with van der Waals surface area (Å²) in [5.74, 6) is 0.928. The van der Waals surface area contributed by atoms with Gasteiger partial charge in [0.1, 0.15) is 12.2 Å². The van der Waals surface area contributed by atoms with Crippen LogP contribution < -0.4 is 5.32 Å². The molecule has 11 heavy (non-hydrogen) atoms. The number of rotatable bonds is 3. The molecule has 0 radical (unpaired) electrons. The molecule has 0 amide bonds. The van der Waals surface area contributed by atoms with Crippen molar-refractivity contribution < 1.29 is 0 Å². The average molecular weight is 152 g/mol. The van der Waals surface area contributed by atoms with Gasteiger partial charge in [-0.25, -0.2) is 4.98 Å². The third kappa shape index (κ3) is 1.57. The van der Waals surface area contributed by atoms with Crippen molar-refractivity contribution >= 4 is 0 Å². The molecule has 0 unspecified atom stereocenters. The smallest absolute Gasteiger partial charge is 0.138 e. The van der Waals surface area contributed by atoms with Gasteiger partial charge in [0.2, 0.25) is 0 Å². The van der Waals surface area contributed by atoms with E-state index >= 15 is 0 Å². The molecule has 0 saturated heterocycles. The fourth-order valence-corrected chi connectivity index (χ4v) is 1.17. The zero-order valence-corrected chi connectivity index (χ0v) is 6.38. The molecule has 1 aliphatic carbocycles. The molecule has 2 rings (SSSR count). The third-order valence-corrected chi connectivity index (χ3v) is 2.13. The molecule has 0 spiro atoms. The first-order valence-electron chi connectivity index (χ1n) is 4.03. The largest absolute Gasteiger partial charge is 0.307 e. The molecular formula is C7H12N4. The summed E-state index contributed by atoms with van der Waals surface area (Å²) in [7, 11) is 0. The van der Waals surface area contributed by atoms with Gasteiger partial charge in [0, 0.05) is 6.04 Å². The molecule has 1 aliphatic rings. The average Bonchev–Trinajstić information content (AvgIpc) is 2.36. The lowest BCUT2D eigenvalue weighted by Gasteiger charge is -2.25. The van der Waals surface area contributed by atoms with Crippen molar-refractivity contribution in [3.05, 3.63) is 12.2 Å². The molecule has 1 heterocycles. The monoisotopic (exact) mass is 152 g/mol. The van der Waals surface area contributed by atoms with Crippen LogP contribution in [-0.4, -0.2) is 21.2 Å². The highest BCUT2D eigenvalue weighted by Gasteiger charge is 2.16. The van der Waals surface area contributed by atoms with Gasteiger partial charge in [0.25, 0.3) is 0 Å². The molecule has 1 fully saturated rings. The number of nitrogens with one attached hydrogen (secondary N) is 2. The van der Waals surface area contributed by atoms with Gasteiger partial charge >= 0.3 is 0 Å². The second-order valence-corrected chi connectivity index (χ2v) is 2.94. The van der Waals surface area contributed by atoms with Crippen molar-refractivity contribution in [3.8, 4) is 0 Å². The predicted octanol–water partition coefficient (Wildman–Crippen LogP) is 0.447. The Morgan fingerprint density at radius 1 is 1.64 bits per heavy atom. The summed E-state index contributed by atoms with van der Waals surface area (Å²) in [4.78, 5) is 4.02. The maximum Gasteiger partial charge on any atom is 0.138 e. The summed E-state index contributed by atoms with van der Waals surface area (Å²) in [5, 5.41) is 9.97. The first-order chi connectivity index (χ1) is 5.45. The van der Waals surface area contributed by atoms with Crippen LogP contribution in [0.5, 0.6) is 0 Å². The van der Waals surface area contributed by atoms with Crippen LogP contribution in [0.25, 0.3) is 0 Å². The van der Waals surface area contributed by atoms with Crippen molar-refractivity contribution in [1.82, 2.24) is 20.5 Å². The van der Waals surface area contributed by atoms with Gasteiger partial charge < -0.3 is 5.32 Å². The van der Waals surface area contributed by atoms with Gasteiger partial charge in [-0.05, 0) is 12.8 Å². The molecule has 60 valence electrons. The molecular weight excluding hydrogens is 140 g/mol. The normalized spacial score (nSPS) is 18.2. The van der Waals surface area contributed by atoms with E-state index in [0.717, 1.165) is 18.4 Å². The SMILES string of the molecule is c1n[nH]c(CNC2CCC2)n1. The van der Waals surface area contributed by atoms with E-state index in [1.165, 1.54) is 25.6 Å². The summed E-state index contributed by atoms with van der Waals surface area (Å²) in [6.07, 6.45) is 5.54. The van der Waals surface area contributed by atoms with E-state index in [1.807, 2.05) is 0 Å². The van der Waals surface area contributed by atoms with Gasteiger partial charge in [-0.2, -0.15) is 5.10 Å². The number of hydrogen-bond donors (Lipinski definition) is 2. The van der Waals surface area contributed by atoms with E-state index in [0.29, 0.717) is 0 Å². The molecule has 0 aromatic carbocycles. The fraction of sp³-hybridized carbons (Fsp3) is 0.714. The lowest BCUT2D eigenvalue weighted by molar-refractivity contribution is 0.335. The first-order valence-corrected chi connectivity index (χ1v) is 4.03. The van der Waals surface area contributed by atoms with Crippen molar-refractivity contribution in [2.75, 3.05) is 0 Å². The predicted molar refractivity (Wildman–Crippen MR) is 40.9 cm³/mol. The fourth-order valence-electron chi connectivity index (χ4n) is 1.17. The molecule has 1 saturated carbocycles. The van der Waals surface area contributed by atoms with Crippen molar-refractivity contribution in [2.45, 2.75) is 31.8 Å². The zero-order valence-electron chi connectivity index (χ0n) is 6.38. The highest BCUT2D eigenvalue weighted by Crippen LogP contribution is 2.17.